The van der Waals surface area contributed by atoms with Gasteiger partial charge in [0.25, 0.3) is 5.91 Å². The third-order valence-corrected chi connectivity index (χ3v) is 4.51. The van der Waals surface area contributed by atoms with Crippen molar-refractivity contribution in [3.05, 3.63) is 71.2 Å². The average Bonchev–Trinajstić information content (AvgIpc) is 2.62. The highest BCUT2D eigenvalue weighted by Gasteiger charge is 2.19. The lowest BCUT2D eigenvalue weighted by Gasteiger charge is -2.18. The zero-order chi connectivity index (χ0) is 17.8. The van der Waals surface area contributed by atoms with Gasteiger partial charge in [-0.2, -0.15) is 0 Å². The van der Waals surface area contributed by atoms with Gasteiger partial charge in [0, 0.05) is 10.7 Å². The Kier molecular flexibility index (Phi) is 5.25. The van der Waals surface area contributed by atoms with Crippen LogP contribution in [0.3, 0.4) is 0 Å². The Morgan fingerprint density at radius 1 is 1.08 bits per heavy atom. The minimum atomic E-state index is -0.568. The van der Waals surface area contributed by atoms with Gasteiger partial charge in [-0.1, -0.05) is 54.9 Å². The molecule has 4 heteroatoms. The maximum Gasteiger partial charge on any atom is 0.265 e. The van der Waals surface area contributed by atoms with Gasteiger partial charge in [-0.3, -0.25) is 4.79 Å². The molecular weight excluding hydrogens is 334 g/mol. The van der Waals surface area contributed by atoms with Crippen LogP contribution in [0.25, 0.3) is 10.8 Å². The van der Waals surface area contributed by atoms with E-state index in [1.165, 1.54) is 0 Å². The van der Waals surface area contributed by atoms with Crippen LogP contribution in [0.1, 0.15) is 18.9 Å². The number of aryl methyl sites for hydroxylation is 1. The molecule has 0 bridgehead atoms. The summed E-state index contributed by atoms with van der Waals surface area (Å²) in [6.07, 6.45) is -0.000584. The van der Waals surface area contributed by atoms with Crippen LogP contribution in [0.4, 0.5) is 5.69 Å². The Hall–Kier alpha value is -2.52. The molecule has 0 aliphatic heterocycles. The van der Waals surface area contributed by atoms with E-state index in [2.05, 4.69) is 5.32 Å². The first kappa shape index (κ1) is 17.3. The molecule has 0 aliphatic carbocycles. The highest BCUT2D eigenvalue weighted by molar-refractivity contribution is 6.31. The highest BCUT2D eigenvalue weighted by atomic mass is 35.5. The van der Waals surface area contributed by atoms with Crippen LogP contribution in [0.2, 0.25) is 5.02 Å². The third-order valence-electron chi connectivity index (χ3n) is 4.10. The summed E-state index contributed by atoms with van der Waals surface area (Å²) < 4.78 is 5.91. The van der Waals surface area contributed by atoms with Crippen LogP contribution >= 0.6 is 11.6 Å². The minimum Gasteiger partial charge on any atom is -0.481 e. The Bertz CT molecular complexity index is 907. The van der Waals surface area contributed by atoms with Crippen LogP contribution in [-0.2, 0) is 4.79 Å². The fourth-order valence-corrected chi connectivity index (χ4v) is 2.80. The van der Waals surface area contributed by atoms with E-state index in [1.54, 1.807) is 6.07 Å². The third kappa shape index (κ3) is 4.12. The highest BCUT2D eigenvalue weighted by Crippen LogP contribution is 2.23. The van der Waals surface area contributed by atoms with Crippen molar-refractivity contribution >= 4 is 34.0 Å². The molecule has 0 heterocycles. The first-order valence-electron chi connectivity index (χ1n) is 8.29. The molecule has 3 aromatic carbocycles. The fourth-order valence-electron chi connectivity index (χ4n) is 2.62. The fraction of sp³-hybridized carbons (Fsp3) is 0.190. The molecule has 0 radical (unpaired) electrons. The van der Waals surface area contributed by atoms with E-state index in [0.717, 1.165) is 16.3 Å². The van der Waals surface area contributed by atoms with E-state index in [1.807, 2.05) is 68.4 Å². The number of hydrogen-bond donors (Lipinski definition) is 1. The van der Waals surface area contributed by atoms with E-state index in [-0.39, 0.29) is 5.91 Å². The van der Waals surface area contributed by atoms with Crippen molar-refractivity contribution in [3.8, 4) is 5.75 Å². The maximum atomic E-state index is 12.5. The summed E-state index contributed by atoms with van der Waals surface area (Å²) in [4.78, 5) is 12.5. The number of anilines is 1. The summed E-state index contributed by atoms with van der Waals surface area (Å²) in [6.45, 7) is 3.85. The summed E-state index contributed by atoms with van der Waals surface area (Å²) in [5, 5.41) is 5.72. The van der Waals surface area contributed by atoms with Crippen molar-refractivity contribution in [1.82, 2.24) is 0 Å². The van der Waals surface area contributed by atoms with Gasteiger partial charge in [0.2, 0.25) is 0 Å². The molecule has 0 spiro atoms. The molecule has 3 rings (SSSR count). The topological polar surface area (TPSA) is 38.3 Å². The monoisotopic (exact) mass is 353 g/mol. The Balaban J connectivity index is 1.73. The van der Waals surface area contributed by atoms with Gasteiger partial charge < -0.3 is 10.1 Å². The van der Waals surface area contributed by atoms with Crippen LogP contribution in [0.15, 0.2) is 60.7 Å². The number of nitrogens with one attached hydrogen (secondary N) is 1. The van der Waals surface area contributed by atoms with Gasteiger partial charge in [0.15, 0.2) is 6.10 Å². The average molecular weight is 354 g/mol. The predicted octanol–water partition coefficient (Wildman–Crippen LogP) is 5.60. The molecule has 0 aromatic heterocycles. The molecule has 0 aliphatic rings. The summed E-state index contributed by atoms with van der Waals surface area (Å²) in [5.74, 6) is 0.498. The first-order valence-corrected chi connectivity index (χ1v) is 8.67. The molecule has 128 valence electrons. The molecule has 1 N–H and O–H groups in total. The molecule has 25 heavy (non-hydrogen) atoms. The molecule has 0 saturated carbocycles. The summed E-state index contributed by atoms with van der Waals surface area (Å²) in [7, 11) is 0. The second kappa shape index (κ2) is 7.58. The zero-order valence-corrected chi connectivity index (χ0v) is 15.0. The van der Waals surface area contributed by atoms with E-state index >= 15 is 0 Å². The van der Waals surface area contributed by atoms with E-state index in [4.69, 9.17) is 16.3 Å². The van der Waals surface area contributed by atoms with Gasteiger partial charge in [-0.15, -0.1) is 0 Å². The minimum absolute atomic E-state index is 0.185. The Morgan fingerprint density at radius 2 is 1.84 bits per heavy atom. The van der Waals surface area contributed by atoms with Crippen LogP contribution in [0, 0.1) is 6.92 Å². The van der Waals surface area contributed by atoms with Crippen molar-refractivity contribution < 1.29 is 9.53 Å². The van der Waals surface area contributed by atoms with Gasteiger partial charge in [-0.25, -0.2) is 0 Å². The summed E-state index contributed by atoms with van der Waals surface area (Å²) in [5.41, 5.74) is 1.64. The number of halogens is 1. The second-order valence-electron chi connectivity index (χ2n) is 5.98. The number of fused-ring (bicyclic) bond motifs is 1. The van der Waals surface area contributed by atoms with Gasteiger partial charge in [0.05, 0.1) is 0 Å². The first-order chi connectivity index (χ1) is 12.1. The lowest BCUT2D eigenvalue weighted by atomic mass is 10.1. The van der Waals surface area contributed by atoms with Gasteiger partial charge in [0.1, 0.15) is 5.75 Å². The van der Waals surface area contributed by atoms with Crippen molar-refractivity contribution in [1.29, 1.82) is 0 Å². The van der Waals surface area contributed by atoms with Crippen LogP contribution < -0.4 is 10.1 Å². The number of carbonyl (C=O) groups excluding carboxylic acids is 1. The SMILES string of the molecule is CC[C@H](Oc1ccc2ccccc2c1)C(=O)Nc1ccc(C)c(Cl)c1. The number of carbonyl (C=O) groups is 1. The molecule has 3 nitrogen and oxygen atoms in total. The number of amides is 1. The maximum absolute atomic E-state index is 12.5. The predicted molar refractivity (Wildman–Crippen MR) is 103 cm³/mol. The van der Waals surface area contributed by atoms with Gasteiger partial charge in [-0.05, 0) is 53.9 Å². The zero-order valence-electron chi connectivity index (χ0n) is 14.3. The molecular formula is C21H20ClNO2. The van der Waals surface area contributed by atoms with Gasteiger partial charge >= 0.3 is 0 Å². The molecule has 1 atom stereocenters. The molecule has 3 aromatic rings. The largest absolute Gasteiger partial charge is 0.481 e. The van der Waals surface area contributed by atoms with Crippen molar-refractivity contribution in [2.24, 2.45) is 0 Å². The normalized spacial score (nSPS) is 12.0. The number of hydrogen-bond acceptors (Lipinski definition) is 2. The quantitative estimate of drug-likeness (QED) is 0.648. The van der Waals surface area contributed by atoms with Crippen molar-refractivity contribution in [2.75, 3.05) is 5.32 Å². The van der Waals surface area contributed by atoms with Crippen LogP contribution in [-0.4, -0.2) is 12.0 Å². The standard InChI is InChI=1S/C21H20ClNO2/c1-3-20(21(24)23-17-10-8-14(2)19(22)13-17)25-18-11-9-15-6-4-5-7-16(15)12-18/h4-13,20H,3H2,1-2H3,(H,23,24)/t20-/m0/s1. The second-order valence-corrected chi connectivity index (χ2v) is 6.38. The lowest BCUT2D eigenvalue weighted by Crippen LogP contribution is -2.32. The number of ether oxygens (including phenoxy) is 1. The van der Waals surface area contributed by atoms with E-state index in [9.17, 15) is 4.79 Å². The Labute approximate surface area is 152 Å². The van der Waals surface area contributed by atoms with Crippen molar-refractivity contribution in [2.45, 2.75) is 26.4 Å². The Morgan fingerprint density at radius 3 is 2.56 bits per heavy atom. The number of benzene rings is 3. The molecule has 1 amide bonds. The lowest BCUT2D eigenvalue weighted by molar-refractivity contribution is -0.122. The number of rotatable bonds is 5. The van der Waals surface area contributed by atoms with E-state index < -0.39 is 6.10 Å². The van der Waals surface area contributed by atoms with E-state index in [0.29, 0.717) is 22.9 Å². The smallest absolute Gasteiger partial charge is 0.265 e. The molecule has 0 saturated heterocycles. The molecule has 0 fully saturated rings. The van der Waals surface area contributed by atoms with Crippen LogP contribution in [0.5, 0.6) is 5.75 Å². The van der Waals surface area contributed by atoms with Crippen molar-refractivity contribution in [3.63, 3.8) is 0 Å². The summed E-state index contributed by atoms with van der Waals surface area (Å²) in [6, 6.07) is 19.4. The molecule has 0 unspecified atom stereocenters. The summed E-state index contributed by atoms with van der Waals surface area (Å²) >= 11 is 6.11.